The Labute approximate surface area is 89.4 Å². The Balaban J connectivity index is 2.69. The minimum Gasteiger partial charge on any atom is -0.284 e. The molecule has 1 aromatic carbocycles. The van der Waals surface area contributed by atoms with Crippen LogP contribution in [0.25, 0.3) is 0 Å². The molecule has 15 heavy (non-hydrogen) atoms. The predicted octanol–water partition coefficient (Wildman–Crippen LogP) is 2.10. The summed E-state index contributed by atoms with van der Waals surface area (Å²) in [5.74, 6) is -0.183. The van der Waals surface area contributed by atoms with Crippen molar-refractivity contribution in [3.8, 4) is 0 Å². The number of hydrogen-bond acceptors (Lipinski definition) is 2. The third kappa shape index (κ3) is 4.29. The number of anilines is 1. The molecule has 0 saturated heterocycles. The zero-order valence-corrected chi connectivity index (χ0v) is 9.35. The summed E-state index contributed by atoms with van der Waals surface area (Å²) < 4.78 is 37.0. The molecule has 0 spiro atoms. The molecule has 0 aliphatic heterocycles. The molecule has 0 saturated carbocycles. The van der Waals surface area contributed by atoms with E-state index in [9.17, 15) is 12.8 Å². The van der Waals surface area contributed by atoms with E-state index >= 15 is 0 Å². The van der Waals surface area contributed by atoms with Crippen molar-refractivity contribution >= 4 is 15.7 Å². The molecule has 0 atom stereocenters. The average molecular weight is 231 g/mol. The quantitative estimate of drug-likeness (QED) is 0.843. The molecule has 5 heteroatoms. The molecule has 0 fully saturated rings. The molecule has 1 N–H and O–H groups in total. The van der Waals surface area contributed by atoms with Gasteiger partial charge in [-0.2, -0.15) is 0 Å². The molecule has 0 bridgehead atoms. The number of benzene rings is 1. The summed E-state index contributed by atoms with van der Waals surface area (Å²) in [6, 6.07) is 7.04. The van der Waals surface area contributed by atoms with Crippen LogP contribution >= 0.6 is 0 Å². The lowest BCUT2D eigenvalue weighted by Gasteiger charge is -2.07. The van der Waals surface area contributed by atoms with Crippen LogP contribution in [0, 0.1) is 6.92 Å². The number of halogens is 1. The van der Waals surface area contributed by atoms with Crippen molar-refractivity contribution in [1.29, 1.82) is 0 Å². The molecule has 0 amide bonds. The fourth-order valence-electron chi connectivity index (χ4n) is 1.18. The zero-order valence-electron chi connectivity index (χ0n) is 8.53. The highest BCUT2D eigenvalue weighted by molar-refractivity contribution is 7.92. The summed E-state index contributed by atoms with van der Waals surface area (Å²) in [6.07, 6.45) is 0.0289. The lowest BCUT2D eigenvalue weighted by molar-refractivity contribution is 0.484. The van der Waals surface area contributed by atoms with Gasteiger partial charge in [-0.05, 0) is 31.0 Å². The second-order valence-corrected chi connectivity index (χ2v) is 5.17. The fourth-order valence-corrected chi connectivity index (χ4v) is 2.26. The van der Waals surface area contributed by atoms with Gasteiger partial charge in [-0.25, -0.2) is 8.42 Å². The first kappa shape index (κ1) is 12.0. The maximum absolute atomic E-state index is 11.8. The largest absolute Gasteiger partial charge is 0.284 e. The van der Waals surface area contributed by atoms with Crippen LogP contribution in [0.15, 0.2) is 24.3 Å². The van der Waals surface area contributed by atoms with E-state index in [1.54, 1.807) is 18.2 Å². The number of hydrogen-bond donors (Lipinski definition) is 1. The number of sulfonamides is 1. The number of nitrogens with one attached hydrogen (secondary N) is 1. The molecular weight excluding hydrogens is 217 g/mol. The lowest BCUT2D eigenvalue weighted by atomic mass is 10.2. The molecule has 84 valence electrons. The van der Waals surface area contributed by atoms with Gasteiger partial charge in [0.25, 0.3) is 0 Å². The second-order valence-electron chi connectivity index (χ2n) is 3.33. The van der Waals surface area contributed by atoms with E-state index in [1.165, 1.54) is 0 Å². The van der Waals surface area contributed by atoms with E-state index in [2.05, 4.69) is 4.72 Å². The van der Waals surface area contributed by atoms with E-state index in [0.717, 1.165) is 5.56 Å². The molecule has 0 aromatic heterocycles. The van der Waals surface area contributed by atoms with Gasteiger partial charge in [0.15, 0.2) is 0 Å². The lowest BCUT2D eigenvalue weighted by Crippen LogP contribution is -2.17. The zero-order chi connectivity index (χ0) is 11.3. The van der Waals surface area contributed by atoms with Gasteiger partial charge >= 0.3 is 0 Å². The molecular formula is C10H14FNO2S. The predicted molar refractivity (Wildman–Crippen MR) is 59.2 cm³/mol. The number of alkyl halides is 1. The first-order valence-corrected chi connectivity index (χ1v) is 6.32. The maximum Gasteiger partial charge on any atom is 0.232 e. The van der Waals surface area contributed by atoms with E-state index in [0.29, 0.717) is 5.69 Å². The molecule has 0 aliphatic rings. The van der Waals surface area contributed by atoms with E-state index in [1.807, 2.05) is 13.0 Å². The molecule has 0 heterocycles. The van der Waals surface area contributed by atoms with Crippen LogP contribution in [0.1, 0.15) is 12.0 Å². The van der Waals surface area contributed by atoms with Gasteiger partial charge in [0.2, 0.25) is 10.0 Å². The fraction of sp³-hybridized carbons (Fsp3) is 0.400. The topological polar surface area (TPSA) is 46.2 Å². The van der Waals surface area contributed by atoms with Crippen molar-refractivity contribution in [2.24, 2.45) is 0 Å². The Hall–Kier alpha value is -1.10. The van der Waals surface area contributed by atoms with Crippen molar-refractivity contribution in [3.63, 3.8) is 0 Å². The monoisotopic (exact) mass is 231 g/mol. The Morgan fingerprint density at radius 1 is 1.40 bits per heavy atom. The average Bonchev–Trinajstić information content (AvgIpc) is 2.14. The molecule has 1 rings (SSSR count). The molecule has 0 radical (unpaired) electrons. The Kier molecular flexibility index (Phi) is 4.08. The van der Waals surface area contributed by atoms with Crippen LogP contribution in [0.4, 0.5) is 10.1 Å². The third-order valence-electron chi connectivity index (χ3n) is 1.84. The van der Waals surface area contributed by atoms with Crippen molar-refractivity contribution < 1.29 is 12.8 Å². The summed E-state index contributed by atoms with van der Waals surface area (Å²) in [7, 11) is -3.40. The first-order chi connectivity index (χ1) is 7.03. The van der Waals surface area contributed by atoms with Gasteiger partial charge in [-0.1, -0.05) is 12.1 Å². The van der Waals surface area contributed by atoms with Crippen molar-refractivity contribution in [1.82, 2.24) is 0 Å². The number of rotatable bonds is 5. The standard InChI is InChI=1S/C10H14FNO2S/c1-9-4-2-5-10(8-9)12-15(13,14)7-3-6-11/h2,4-5,8,12H,3,6-7H2,1H3. The van der Waals surface area contributed by atoms with Crippen molar-refractivity contribution in [2.45, 2.75) is 13.3 Å². The minimum absolute atomic E-state index is 0.0289. The molecule has 1 aromatic rings. The van der Waals surface area contributed by atoms with E-state index in [-0.39, 0.29) is 12.2 Å². The van der Waals surface area contributed by atoms with Gasteiger partial charge < -0.3 is 0 Å². The highest BCUT2D eigenvalue weighted by Gasteiger charge is 2.09. The SMILES string of the molecule is Cc1cccc(NS(=O)(=O)CCCF)c1. The van der Waals surface area contributed by atoms with E-state index < -0.39 is 16.7 Å². The first-order valence-electron chi connectivity index (χ1n) is 4.66. The van der Waals surface area contributed by atoms with Gasteiger partial charge in [0, 0.05) is 5.69 Å². The molecule has 3 nitrogen and oxygen atoms in total. The van der Waals surface area contributed by atoms with Crippen molar-refractivity contribution in [2.75, 3.05) is 17.1 Å². The molecule has 0 unspecified atom stereocenters. The summed E-state index contributed by atoms with van der Waals surface area (Å²) in [6.45, 7) is 1.26. The smallest absolute Gasteiger partial charge is 0.232 e. The van der Waals surface area contributed by atoms with Crippen LogP contribution in [-0.4, -0.2) is 20.8 Å². The van der Waals surface area contributed by atoms with Gasteiger partial charge in [0.05, 0.1) is 12.4 Å². The Morgan fingerprint density at radius 3 is 2.73 bits per heavy atom. The highest BCUT2D eigenvalue weighted by atomic mass is 32.2. The van der Waals surface area contributed by atoms with Crippen LogP contribution < -0.4 is 4.72 Å². The normalized spacial score (nSPS) is 11.3. The van der Waals surface area contributed by atoms with Crippen LogP contribution in [0.3, 0.4) is 0 Å². The summed E-state index contributed by atoms with van der Waals surface area (Å²) >= 11 is 0. The molecule has 0 aliphatic carbocycles. The Bertz CT molecular complexity index is 417. The summed E-state index contributed by atoms with van der Waals surface area (Å²) in [5.41, 5.74) is 1.49. The minimum atomic E-state index is -3.40. The number of aryl methyl sites for hydroxylation is 1. The summed E-state index contributed by atoms with van der Waals surface area (Å²) in [4.78, 5) is 0. The van der Waals surface area contributed by atoms with Crippen LogP contribution in [0.2, 0.25) is 0 Å². The van der Waals surface area contributed by atoms with Crippen molar-refractivity contribution in [3.05, 3.63) is 29.8 Å². The van der Waals surface area contributed by atoms with Crippen LogP contribution in [0.5, 0.6) is 0 Å². The Morgan fingerprint density at radius 2 is 2.13 bits per heavy atom. The second kappa shape index (κ2) is 5.11. The highest BCUT2D eigenvalue weighted by Crippen LogP contribution is 2.11. The summed E-state index contributed by atoms with van der Waals surface area (Å²) in [5, 5.41) is 0. The maximum atomic E-state index is 11.8. The van der Waals surface area contributed by atoms with Gasteiger partial charge in [0.1, 0.15) is 0 Å². The van der Waals surface area contributed by atoms with Gasteiger partial charge in [-0.15, -0.1) is 0 Å². The third-order valence-corrected chi connectivity index (χ3v) is 3.21. The van der Waals surface area contributed by atoms with Crippen LogP contribution in [-0.2, 0) is 10.0 Å². The van der Waals surface area contributed by atoms with E-state index in [4.69, 9.17) is 0 Å². The van der Waals surface area contributed by atoms with Gasteiger partial charge in [-0.3, -0.25) is 9.11 Å².